The van der Waals surface area contributed by atoms with Gasteiger partial charge in [0.1, 0.15) is 0 Å². The Hall–Kier alpha value is -1.98. The van der Waals surface area contributed by atoms with E-state index in [1.165, 1.54) is 11.1 Å². The average Bonchev–Trinajstić information content (AvgIpc) is 3.10. The molecule has 0 bridgehead atoms. The largest absolute Gasteiger partial charge is 0.219 e. The number of nitrogens with zero attached hydrogens (tertiary/aromatic N) is 3. The van der Waals surface area contributed by atoms with E-state index in [0.717, 1.165) is 21.7 Å². The Morgan fingerprint density at radius 3 is 2.68 bits per heavy atom. The number of hydrogen-bond acceptors (Lipinski definition) is 4. The van der Waals surface area contributed by atoms with E-state index >= 15 is 0 Å². The van der Waals surface area contributed by atoms with Crippen molar-refractivity contribution in [2.75, 3.05) is 0 Å². The van der Waals surface area contributed by atoms with Crippen LogP contribution in [-0.2, 0) is 0 Å². The smallest absolute Gasteiger partial charge is 0.211 e. The summed E-state index contributed by atoms with van der Waals surface area (Å²) in [6, 6.07) is 8.35. The molecule has 0 aliphatic heterocycles. The van der Waals surface area contributed by atoms with Crippen LogP contribution in [0.1, 0.15) is 22.4 Å². The minimum absolute atomic E-state index is 0.885. The third-order valence-corrected chi connectivity index (χ3v) is 4.92. The fraction of sp³-hybridized carbons (Fsp3) is 0.176. The number of hydrogen-bond donors (Lipinski definition) is 0. The van der Waals surface area contributed by atoms with Crippen LogP contribution in [-0.4, -0.2) is 10.9 Å². The highest BCUT2D eigenvalue weighted by Crippen LogP contribution is 2.19. The molecule has 3 aromatic rings. The Morgan fingerprint density at radius 1 is 1.09 bits per heavy atom. The van der Waals surface area contributed by atoms with Gasteiger partial charge in [-0.15, -0.1) is 11.3 Å². The predicted octanol–water partition coefficient (Wildman–Crippen LogP) is 4.65. The Kier molecular flexibility index (Phi) is 4.36. The molecule has 0 atom stereocenters. The first-order valence-corrected chi connectivity index (χ1v) is 8.81. The SMILES string of the molecule is Cc1ccc(N=c2scc(C)n2N=Cc2ccsc2)c(C)c1. The molecule has 2 heterocycles. The fourth-order valence-corrected chi connectivity index (χ4v) is 3.54. The van der Waals surface area contributed by atoms with E-state index in [4.69, 9.17) is 4.99 Å². The van der Waals surface area contributed by atoms with Crippen molar-refractivity contribution in [2.24, 2.45) is 10.1 Å². The standard InChI is InChI=1S/C17H17N3S2/c1-12-4-5-16(13(2)8-12)19-17-20(14(3)10-22-17)18-9-15-6-7-21-11-15/h4-11H,1-3H3. The van der Waals surface area contributed by atoms with Crippen LogP contribution in [0.25, 0.3) is 0 Å². The molecule has 3 nitrogen and oxygen atoms in total. The number of thiazole rings is 1. The van der Waals surface area contributed by atoms with Gasteiger partial charge in [0.2, 0.25) is 4.80 Å². The molecule has 0 saturated carbocycles. The van der Waals surface area contributed by atoms with Crippen molar-refractivity contribution >= 4 is 34.6 Å². The van der Waals surface area contributed by atoms with E-state index in [0.29, 0.717) is 0 Å². The summed E-state index contributed by atoms with van der Waals surface area (Å²) in [4.78, 5) is 5.66. The third-order valence-electron chi connectivity index (χ3n) is 3.28. The van der Waals surface area contributed by atoms with Crippen LogP contribution in [0.4, 0.5) is 5.69 Å². The molecule has 0 amide bonds. The monoisotopic (exact) mass is 327 g/mol. The highest BCUT2D eigenvalue weighted by Gasteiger charge is 2.02. The first kappa shape index (κ1) is 14.9. The molecule has 0 aliphatic rings. The first-order chi connectivity index (χ1) is 10.6. The highest BCUT2D eigenvalue weighted by molar-refractivity contribution is 7.08. The highest BCUT2D eigenvalue weighted by atomic mass is 32.1. The maximum absolute atomic E-state index is 4.77. The van der Waals surface area contributed by atoms with Crippen molar-refractivity contribution in [3.63, 3.8) is 0 Å². The van der Waals surface area contributed by atoms with Crippen molar-refractivity contribution in [1.29, 1.82) is 0 Å². The van der Waals surface area contributed by atoms with Gasteiger partial charge in [0, 0.05) is 10.9 Å². The molecule has 0 N–H and O–H groups in total. The summed E-state index contributed by atoms with van der Waals surface area (Å²) in [6.07, 6.45) is 1.87. The van der Waals surface area contributed by atoms with E-state index in [9.17, 15) is 0 Å². The van der Waals surface area contributed by atoms with Crippen LogP contribution in [0.15, 0.2) is 50.5 Å². The van der Waals surface area contributed by atoms with Crippen LogP contribution in [0.2, 0.25) is 0 Å². The van der Waals surface area contributed by atoms with Gasteiger partial charge in [-0.25, -0.2) is 9.67 Å². The molecule has 2 aromatic heterocycles. The molecule has 22 heavy (non-hydrogen) atoms. The summed E-state index contributed by atoms with van der Waals surface area (Å²) in [6.45, 7) is 6.23. The molecule has 0 spiro atoms. The van der Waals surface area contributed by atoms with Crippen LogP contribution < -0.4 is 4.80 Å². The number of aromatic nitrogens is 1. The number of thiophene rings is 1. The number of rotatable bonds is 3. The molecule has 112 valence electrons. The van der Waals surface area contributed by atoms with Gasteiger partial charge in [-0.2, -0.15) is 16.4 Å². The molecule has 5 heteroatoms. The second-order valence-electron chi connectivity index (χ2n) is 5.17. The summed E-state index contributed by atoms with van der Waals surface area (Å²) in [5.41, 5.74) is 5.62. The van der Waals surface area contributed by atoms with Gasteiger partial charge < -0.3 is 0 Å². The quantitative estimate of drug-likeness (QED) is 0.627. The molecule has 0 saturated heterocycles. The predicted molar refractivity (Wildman–Crippen MR) is 95.5 cm³/mol. The Labute approximate surface area is 137 Å². The Morgan fingerprint density at radius 2 is 1.95 bits per heavy atom. The molecule has 0 radical (unpaired) electrons. The molecular formula is C17H17N3S2. The Balaban J connectivity index is 2.03. The molecular weight excluding hydrogens is 310 g/mol. The van der Waals surface area contributed by atoms with Crippen LogP contribution in [0.5, 0.6) is 0 Å². The lowest BCUT2D eigenvalue weighted by Crippen LogP contribution is -2.11. The van der Waals surface area contributed by atoms with Gasteiger partial charge in [-0.1, -0.05) is 17.7 Å². The fourth-order valence-electron chi connectivity index (χ4n) is 2.11. The lowest BCUT2D eigenvalue weighted by Gasteiger charge is -2.01. The van der Waals surface area contributed by atoms with Gasteiger partial charge in [0.15, 0.2) is 0 Å². The van der Waals surface area contributed by atoms with Gasteiger partial charge in [-0.3, -0.25) is 0 Å². The molecule has 0 unspecified atom stereocenters. The van der Waals surface area contributed by atoms with Crippen LogP contribution in [0.3, 0.4) is 0 Å². The average molecular weight is 327 g/mol. The number of benzene rings is 1. The van der Waals surface area contributed by atoms with E-state index < -0.39 is 0 Å². The summed E-state index contributed by atoms with van der Waals surface area (Å²) in [5.74, 6) is 0. The second-order valence-corrected chi connectivity index (χ2v) is 6.79. The summed E-state index contributed by atoms with van der Waals surface area (Å²) in [5, 5.41) is 10.8. The molecule has 0 aliphatic carbocycles. The summed E-state index contributed by atoms with van der Waals surface area (Å²) < 4.78 is 1.89. The van der Waals surface area contributed by atoms with E-state index in [1.807, 2.05) is 23.2 Å². The normalized spacial score (nSPS) is 12.4. The maximum Gasteiger partial charge on any atom is 0.211 e. The van der Waals surface area contributed by atoms with Crippen LogP contribution in [0, 0.1) is 20.8 Å². The second kappa shape index (κ2) is 6.42. The third kappa shape index (κ3) is 3.26. The van der Waals surface area contributed by atoms with Crippen LogP contribution >= 0.6 is 22.7 Å². The Bertz CT molecular complexity index is 868. The zero-order chi connectivity index (χ0) is 15.5. The van der Waals surface area contributed by atoms with Crippen molar-refractivity contribution in [1.82, 2.24) is 4.68 Å². The maximum atomic E-state index is 4.77. The summed E-state index contributed by atoms with van der Waals surface area (Å²) in [7, 11) is 0. The van der Waals surface area contributed by atoms with Gasteiger partial charge in [0.25, 0.3) is 0 Å². The van der Waals surface area contributed by atoms with Crippen molar-refractivity contribution in [3.8, 4) is 0 Å². The minimum atomic E-state index is 0.885. The van der Waals surface area contributed by atoms with Crippen molar-refractivity contribution in [3.05, 3.63) is 67.6 Å². The zero-order valence-corrected chi connectivity index (χ0v) is 14.4. The van der Waals surface area contributed by atoms with Gasteiger partial charge >= 0.3 is 0 Å². The first-order valence-electron chi connectivity index (χ1n) is 6.99. The number of aryl methyl sites for hydroxylation is 3. The summed E-state index contributed by atoms with van der Waals surface area (Å²) >= 11 is 3.28. The van der Waals surface area contributed by atoms with Gasteiger partial charge in [0.05, 0.1) is 17.6 Å². The zero-order valence-electron chi connectivity index (χ0n) is 12.8. The molecule has 1 aromatic carbocycles. The van der Waals surface area contributed by atoms with E-state index in [2.05, 4.69) is 54.0 Å². The molecule has 3 rings (SSSR count). The molecule has 0 fully saturated rings. The van der Waals surface area contributed by atoms with Crippen molar-refractivity contribution in [2.45, 2.75) is 20.8 Å². The lowest BCUT2D eigenvalue weighted by atomic mass is 10.1. The lowest BCUT2D eigenvalue weighted by molar-refractivity contribution is 0.809. The topological polar surface area (TPSA) is 29.6 Å². The van der Waals surface area contributed by atoms with Crippen molar-refractivity contribution < 1.29 is 0 Å². The van der Waals surface area contributed by atoms with Gasteiger partial charge in [-0.05, 0) is 49.2 Å². The van der Waals surface area contributed by atoms with E-state index in [1.54, 1.807) is 22.7 Å². The minimum Gasteiger partial charge on any atom is -0.219 e. The van der Waals surface area contributed by atoms with E-state index in [-0.39, 0.29) is 0 Å².